The highest BCUT2D eigenvalue weighted by atomic mass is 35.5. The first kappa shape index (κ1) is 14.2. The average molecular weight is 288 g/mol. The molecule has 4 heteroatoms. The number of carbonyl (C=O) groups excluding carboxylic acids is 1. The Morgan fingerprint density at radius 1 is 1.20 bits per heavy atom. The van der Waals surface area contributed by atoms with Crippen molar-refractivity contribution in [3.05, 3.63) is 71.4 Å². The molecule has 0 radical (unpaired) electrons. The smallest absolute Gasteiger partial charge is 0.187 e. The van der Waals surface area contributed by atoms with Crippen LogP contribution in [0, 0.1) is 0 Å². The molecule has 1 N–H and O–H groups in total. The van der Waals surface area contributed by atoms with Crippen molar-refractivity contribution in [3.63, 3.8) is 0 Å². The number of halogens is 1. The first-order valence-electron chi connectivity index (χ1n) is 6.06. The quantitative estimate of drug-likeness (QED) is 0.663. The van der Waals surface area contributed by atoms with Gasteiger partial charge in [-0.25, -0.2) is 0 Å². The summed E-state index contributed by atoms with van der Waals surface area (Å²) in [6, 6.07) is 14.2. The predicted octanol–water partition coefficient (Wildman–Crippen LogP) is 4.16. The molecule has 2 aromatic carbocycles. The third kappa shape index (κ3) is 3.87. The van der Waals surface area contributed by atoms with Crippen LogP contribution >= 0.6 is 11.6 Å². The van der Waals surface area contributed by atoms with Crippen LogP contribution in [-0.2, 0) is 0 Å². The number of allylic oxidation sites excluding steroid dienone is 1. The summed E-state index contributed by atoms with van der Waals surface area (Å²) in [6.07, 6.45) is 3.07. The molecule has 0 saturated carbocycles. The second-order valence-corrected chi connectivity index (χ2v) is 4.52. The number of nitrogens with one attached hydrogen (secondary N) is 1. The highest BCUT2D eigenvalue weighted by molar-refractivity contribution is 6.30. The van der Waals surface area contributed by atoms with E-state index in [1.54, 1.807) is 49.7 Å². The van der Waals surface area contributed by atoms with Gasteiger partial charge < -0.3 is 10.1 Å². The molecule has 0 heterocycles. The van der Waals surface area contributed by atoms with Crippen LogP contribution in [0.25, 0.3) is 0 Å². The van der Waals surface area contributed by atoms with Crippen molar-refractivity contribution in [2.45, 2.75) is 0 Å². The largest absolute Gasteiger partial charge is 0.497 e. The summed E-state index contributed by atoms with van der Waals surface area (Å²) in [5.41, 5.74) is 1.44. The molecule has 102 valence electrons. The lowest BCUT2D eigenvalue weighted by atomic mass is 10.1. The van der Waals surface area contributed by atoms with E-state index in [2.05, 4.69) is 5.32 Å². The van der Waals surface area contributed by atoms with E-state index in [4.69, 9.17) is 16.3 Å². The molecule has 0 aliphatic rings. The van der Waals surface area contributed by atoms with Crippen molar-refractivity contribution in [3.8, 4) is 5.75 Å². The van der Waals surface area contributed by atoms with E-state index in [1.807, 2.05) is 12.1 Å². The van der Waals surface area contributed by atoms with Gasteiger partial charge in [-0.05, 0) is 42.5 Å². The van der Waals surface area contributed by atoms with Crippen molar-refractivity contribution in [2.24, 2.45) is 0 Å². The van der Waals surface area contributed by atoms with Gasteiger partial charge in [-0.15, -0.1) is 0 Å². The van der Waals surface area contributed by atoms with E-state index in [1.165, 1.54) is 6.08 Å². The number of hydrogen-bond donors (Lipinski definition) is 1. The number of rotatable bonds is 5. The minimum absolute atomic E-state index is 0.0813. The van der Waals surface area contributed by atoms with Crippen LogP contribution in [-0.4, -0.2) is 12.9 Å². The molecule has 0 fully saturated rings. The molecule has 0 spiro atoms. The van der Waals surface area contributed by atoms with Gasteiger partial charge in [-0.3, -0.25) is 4.79 Å². The zero-order valence-electron chi connectivity index (χ0n) is 11.0. The number of carbonyl (C=O) groups is 1. The molecule has 0 atom stereocenters. The van der Waals surface area contributed by atoms with E-state index < -0.39 is 0 Å². The Morgan fingerprint density at radius 3 is 2.60 bits per heavy atom. The molecular formula is C16H14ClNO2. The molecule has 0 aromatic heterocycles. The lowest BCUT2D eigenvalue weighted by Crippen LogP contribution is -1.96. The number of ketones is 1. The third-order valence-electron chi connectivity index (χ3n) is 2.68. The molecule has 2 aromatic rings. The molecule has 2 rings (SSSR count). The van der Waals surface area contributed by atoms with Gasteiger partial charge in [0.25, 0.3) is 0 Å². The monoisotopic (exact) mass is 287 g/mol. The van der Waals surface area contributed by atoms with Crippen molar-refractivity contribution in [1.29, 1.82) is 0 Å². The van der Waals surface area contributed by atoms with Gasteiger partial charge in [0.2, 0.25) is 0 Å². The molecule has 0 amide bonds. The Hall–Kier alpha value is -2.26. The van der Waals surface area contributed by atoms with Crippen LogP contribution in [0.5, 0.6) is 5.75 Å². The Morgan fingerprint density at radius 2 is 1.95 bits per heavy atom. The Kier molecular flexibility index (Phi) is 4.80. The fraction of sp³-hybridized carbons (Fsp3) is 0.0625. The summed E-state index contributed by atoms with van der Waals surface area (Å²) in [5.74, 6) is 0.643. The van der Waals surface area contributed by atoms with Gasteiger partial charge in [-0.2, -0.15) is 0 Å². The van der Waals surface area contributed by atoms with Crippen LogP contribution in [0.3, 0.4) is 0 Å². The summed E-state index contributed by atoms with van der Waals surface area (Å²) >= 11 is 5.87. The highest BCUT2D eigenvalue weighted by Gasteiger charge is 2.01. The van der Waals surface area contributed by atoms with E-state index in [0.717, 1.165) is 11.4 Å². The molecule has 0 aliphatic carbocycles. The predicted molar refractivity (Wildman–Crippen MR) is 81.5 cm³/mol. The van der Waals surface area contributed by atoms with E-state index in [-0.39, 0.29) is 5.78 Å². The fourth-order valence-corrected chi connectivity index (χ4v) is 1.83. The summed E-state index contributed by atoms with van der Waals surface area (Å²) in [4.78, 5) is 11.9. The summed E-state index contributed by atoms with van der Waals surface area (Å²) in [7, 11) is 1.59. The van der Waals surface area contributed by atoms with Crippen molar-refractivity contribution >= 4 is 23.1 Å². The lowest BCUT2D eigenvalue weighted by molar-refractivity contribution is 0.104. The first-order valence-corrected chi connectivity index (χ1v) is 6.44. The Balaban J connectivity index is 1.98. The topological polar surface area (TPSA) is 38.3 Å². The van der Waals surface area contributed by atoms with Gasteiger partial charge in [0.15, 0.2) is 5.78 Å². The number of anilines is 1. The first-order chi connectivity index (χ1) is 9.69. The fourth-order valence-electron chi connectivity index (χ4n) is 1.64. The van der Waals surface area contributed by atoms with Gasteiger partial charge >= 0.3 is 0 Å². The Labute approximate surface area is 122 Å². The molecular weight excluding hydrogens is 274 g/mol. The summed E-state index contributed by atoms with van der Waals surface area (Å²) in [6.45, 7) is 0. The van der Waals surface area contributed by atoms with Crippen LogP contribution in [0.15, 0.2) is 60.8 Å². The van der Waals surface area contributed by atoms with Gasteiger partial charge in [0, 0.05) is 28.5 Å². The molecule has 0 bridgehead atoms. The van der Waals surface area contributed by atoms with Crippen LogP contribution < -0.4 is 10.1 Å². The second-order valence-electron chi connectivity index (χ2n) is 4.08. The SMILES string of the molecule is COc1ccc(C(=O)C=CNc2cccc(Cl)c2)cc1. The standard InChI is InChI=1S/C16H14ClNO2/c1-20-15-7-5-12(6-8-15)16(19)9-10-18-14-4-2-3-13(17)11-14/h2-11,18H,1H3. The number of benzene rings is 2. The maximum atomic E-state index is 11.9. The van der Waals surface area contributed by atoms with Crippen molar-refractivity contribution in [1.82, 2.24) is 0 Å². The number of hydrogen-bond acceptors (Lipinski definition) is 3. The van der Waals surface area contributed by atoms with E-state index >= 15 is 0 Å². The molecule has 0 aliphatic heterocycles. The molecule has 20 heavy (non-hydrogen) atoms. The zero-order valence-corrected chi connectivity index (χ0v) is 11.7. The van der Waals surface area contributed by atoms with E-state index in [9.17, 15) is 4.79 Å². The van der Waals surface area contributed by atoms with Gasteiger partial charge in [0.1, 0.15) is 5.75 Å². The van der Waals surface area contributed by atoms with E-state index in [0.29, 0.717) is 10.6 Å². The third-order valence-corrected chi connectivity index (χ3v) is 2.92. The normalized spacial score (nSPS) is 10.5. The van der Waals surface area contributed by atoms with Crippen LogP contribution in [0.2, 0.25) is 5.02 Å². The van der Waals surface area contributed by atoms with Crippen molar-refractivity contribution in [2.75, 3.05) is 12.4 Å². The van der Waals surface area contributed by atoms with Gasteiger partial charge in [-0.1, -0.05) is 17.7 Å². The maximum absolute atomic E-state index is 11.9. The minimum Gasteiger partial charge on any atom is -0.497 e. The summed E-state index contributed by atoms with van der Waals surface area (Å²) in [5, 5.41) is 3.64. The highest BCUT2D eigenvalue weighted by Crippen LogP contribution is 2.15. The molecule has 3 nitrogen and oxygen atoms in total. The van der Waals surface area contributed by atoms with Crippen LogP contribution in [0.4, 0.5) is 5.69 Å². The molecule has 0 unspecified atom stereocenters. The van der Waals surface area contributed by atoms with Crippen LogP contribution in [0.1, 0.15) is 10.4 Å². The summed E-state index contributed by atoms with van der Waals surface area (Å²) < 4.78 is 5.04. The second kappa shape index (κ2) is 6.78. The Bertz CT molecular complexity index is 621. The zero-order chi connectivity index (χ0) is 14.4. The minimum atomic E-state index is -0.0813. The van der Waals surface area contributed by atoms with Gasteiger partial charge in [0.05, 0.1) is 7.11 Å². The number of ether oxygens (including phenoxy) is 1. The average Bonchev–Trinajstić information content (AvgIpc) is 2.47. The lowest BCUT2D eigenvalue weighted by Gasteiger charge is -2.01. The number of methoxy groups -OCH3 is 1. The van der Waals surface area contributed by atoms with Crippen molar-refractivity contribution < 1.29 is 9.53 Å². The maximum Gasteiger partial charge on any atom is 0.187 e. The molecule has 0 saturated heterocycles.